The molecule has 0 N–H and O–H groups in total. The Morgan fingerprint density at radius 1 is 1.06 bits per heavy atom. The SMILES string of the molecule is CCOc1ccc(N2C(=O)C3N=NN(Cc4nc(-c5ccc(Br)cc5)no4)C3C2=O)cc1. The van der Waals surface area contributed by atoms with Crippen molar-refractivity contribution in [3.05, 3.63) is 58.9 Å². The Balaban J connectivity index is 1.33. The van der Waals surface area contributed by atoms with Gasteiger partial charge in [-0.05, 0) is 55.5 Å². The molecule has 0 saturated carbocycles. The van der Waals surface area contributed by atoms with Crippen molar-refractivity contribution in [1.82, 2.24) is 15.1 Å². The Labute approximate surface area is 191 Å². The fourth-order valence-corrected chi connectivity index (χ4v) is 3.90. The van der Waals surface area contributed by atoms with Gasteiger partial charge in [0.25, 0.3) is 11.8 Å². The Morgan fingerprint density at radius 2 is 1.81 bits per heavy atom. The molecule has 2 unspecified atom stereocenters. The van der Waals surface area contributed by atoms with Gasteiger partial charge in [-0.3, -0.25) is 14.6 Å². The molecule has 2 aliphatic heterocycles. The molecule has 1 aromatic heterocycles. The molecule has 0 radical (unpaired) electrons. The number of hydrogen-bond acceptors (Lipinski definition) is 9. The zero-order valence-corrected chi connectivity index (χ0v) is 18.5. The van der Waals surface area contributed by atoms with Crippen molar-refractivity contribution in [3.63, 3.8) is 0 Å². The van der Waals surface area contributed by atoms with E-state index in [0.29, 0.717) is 23.9 Å². The summed E-state index contributed by atoms with van der Waals surface area (Å²) in [5.41, 5.74) is 1.25. The molecule has 3 aromatic rings. The first-order valence-corrected chi connectivity index (χ1v) is 10.7. The van der Waals surface area contributed by atoms with Gasteiger partial charge in [-0.25, -0.2) is 4.90 Å². The van der Waals surface area contributed by atoms with Gasteiger partial charge in [0, 0.05) is 10.0 Å². The standard InChI is InChI=1S/C21H17BrN6O4/c1-2-31-15-9-7-14(8-10-15)28-20(29)17-18(21(28)30)27(26-24-17)11-16-23-19(25-32-16)12-3-5-13(22)6-4-12/h3-10,17-18H,2,11H2,1H3. The topological polar surface area (TPSA) is 113 Å². The number of rotatable bonds is 6. The predicted octanol–water partition coefficient (Wildman–Crippen LogP) is 3.39. The number of halogens is 1. The Morgan fingerprint density at radius 3 is 2.53 bits per heavy atom. The van der Waals surface area contributed by atoms with Crippen LogP contribution in [-0.4, -0.2) is 45.7 Å². The number of anilines is 1. The largest absolute Gasteiger partial charge is 0.494 e. The van der Waals surface area contributed by atoms with E-state index in [-0.39, 0.29) is 12.4 Å². The molecule has 1 fully saturated rings. The van der Waals surface area contributed by atoms with Crippen molar-refractivity contribution in [2.24, 2.45) is 10.3 Å². The lowest BCUT2D eigenvalue weighted by Gasteiger charge is -2.19. The minimum Gasteiger partial charge on any atom is -0.494 e. The molecule has 0 spiro atoms. The normalized spacial score (nSPS) is 19.7. The summed E-state index contributed by atoms with van der Waals surface area (Å²) in [6, 6.07) is 12.5. The van der Waals surface area contributed by atoms with Crippen LogP contribution in [0, 0.1) is 0 Å². The van der Waals surface area contributed by atoms with Crippen LogP contribution in [0.15, 0.2) is 67.9 Å². The van der Waals surface area contributed by atoms with Crippen LogP contribution in [0.4, 0.5) is 5.69 Å². The van der Waals surface area contributed by atoms with Crippen molar-refractivity contribution in [1.29, 1.82) is 0 Å². The van der Waals surface area contributed by atoms with Gasteiger partial charge in [-0.1, -0.05) is 26.3 Å². The molecule has 3 heterocycles. The number of aromatic nitrogens is 2. The lowest BCUT2D eigenvalue weighted by Crippen LogP contribution is -2.39. The minimum atomic E-state index is -0.900. The van der Waals surface area contributed by atoms with Crippen LogP contribution in [0.2, 0.25) is 0 Å². The van der Waals surface area contributed by atoms with Gasteiger partial charge in [0.2, 0.25) is 11.7 Å². The number of fused-ring (bicyclic) bond motifs is 1. The van der Waals surface area contributed by atoms with E-state index in [1.165, 1.54) is 5.01 Å². The molecule has 2 atom stereocenters. The van der Waals surface area contributed by atoms with Crippen LogP contribution >= 0.6 is 15.9 Å². The third kappa shape index (κ3) is 3.54. The van der Waals surface area contributed by atoms with E-state index >= 15 is 0 Å². The maximum Gasteiger partial charge on any atom is 0.263 e. The number of amides is 2. The first-order valence-electron chi connectivity index (χ1n) is 9.92. The van der Waals surface area contributed by atoms with Crippen molar-refractivity contribution < 1.29 is 18.8 Å². The summed E-state index contributed by atoms with van der Waals surface area (Å²) < 4.78 is 11.7. The van der Waals surface area contributed by atoms with Crippen molar-refractivity contribution in [2.75, 3.05) is 11.5 Å². The van der Waals surface area contributed by atoms with Crippen LogP contribution < -0.4 is 9.64 Å². The van der Waals surface area contributed by atoms with Crippen molar-refractivity contribution in [3.8, 4) is 17.1 Å². The maximum atomic E-state index is 13.1. The van der Waals surface area contributed by atoms with E-state index in [0.717, 1.165) is 14.9 Å². The van der Waals surface area contributed by atoms with Crippen LogP contribution in [0.25, 0.3) is 11.4 Å². The number of carbonyl (C=O) groups excluding carboxylic acids is 2. The molecule has 10 nitrogen and oxygen atoms in total. The summed E-state index contributed by atoms with van der Waals surface area (Å²) in [6.45, 7) is 2.47. The van der Waals surface area contributed by atoms with Gasteiger partial charge >= 0.3 is 0 Å². The van der Waals surface area contributed by atoms with Crippen molar-refractivity contribution >= 4 is 33.4 Å². The van der Waals surface area contributed by atoms with E-state index in [4.69, 9.17) is 9.26 Å². The van der Waals surface area contributed by atoms with Crippen LogP contribution in [0.1, 0.15) is 12.8 Å². The lowest BCUT2D eigenvalue weighted by atomic mass is 10.1. The van der Waals surface area contributed by atoms with Gasteiger partial charge in [0.05, 0.1) is 12.3 Å². The predicted molar refractivity (Wildman–Crippen MR) is 116 cm³/mol. The van der Waals surface area contributed by atoms with Gasteiger partial charge < -0.3 is 9.26 Å². The molecule has 5 rings (SSSR count). The number of benzene rings is 2. The van der Waals surface area contributed by atoms with E-state index in [9.17, 15) is 9.59 Å². The zero-order chi connectivity index (χ0) is 22.2. The molecule has 11 heteroatoms. The molecule has 162 valence electrons. The van der Waals surface area contributed by atoms with E-state index in [1.807, 2.05) is 31.2 Å². The zero-order valence-electron chi connectivity index (χ0n) is 16.9. The first-order chi connectivity index (χ1) is 15.5. The summed E-state index contributed by atoms with van der Waals surface area (Å²) >= 11 is 3.39. The third-order valence-corrected chi connectivity index (χ3v) is 5.66. The number of imide groups is 1. The highest BCUT2D eigenvalue weighted by Crippen LogP contribution is 2.33. The molecule has 0 aliphatic carbocycles. The summed E-state index contributed by atoms with van der Waals surface area (Å²) in [4.78, 5) is 31.5. The van der Waals surface area contributed by atoms with Crippen LogP contribution in [0.5, 0.6) is 5.75 Å². The molecular formula is C21H17BrN6O4. The first kappa shape index (κ1) is 20.3. The Hall–Kier alpha value is -3.60. The average molecular weight is 497 g/mol. The Bertz CT molecular complexity index is 1190. The van der Waals surface area contributed by atoms with Gasteiger partial charge in [-0.15, -0.1) is 0 Å². The summed E-state index contributed by atoms with van der Waals surface area (Å²) in [6.07, 6.45) is 0. The highest BCUT2D eigenvalue weighted by Gasteiger charge is 2.55. The fourth-order valence-electron chi connectivity index (χ4n) is 3.64. The lowest BCUT2D eigenvalue weighted by molar-refractivity contribution is -0.123. The van der Waals surface area contributed by atoms with E-state index in [1.54, 1.807) is 24.3 Å². The second-order valence-corrected chi connectivity index (χ2v) is 8.07. The molecule has 2 amide bonds. The second kappa shape index (κ2) is 8.15. The summed E-state index contributed by atoms with van der Waals surface area (Å²) in [7, 11) is 0. The number of hydrogen-bond donors (Lipinski definition) is 0. The van der Waals surface area contributed by atoms with E-state index < -0.39 is 23.9 Å². The smallest absolute Gasteiger partial charge is 0.263 e. The summed E-state index contributed by atoms with van der Waals surface area (Å²) in [5, 5.41) is 13.4. The molecule has 0 bridgehead atoms. The molecule has 1 saturated heterocycles. The number of ether oxygens (including phenoxy) is 1. The van der Waals surface area contributed by atoms with Crippen molar-refractivity contribution in [2.45, 2.75) is 25.6 Å². The maximum absolute atomic E-state index is 13.1. The highest BCUT2D eigenvalue weighted by atomic mass is 79.9. The van der Waals surface area contributed by atoms with E-state index in [2.05, 4.69) is 36.4 Å². The third-order valence-electron chi connectivity index (χ3n) is 5.13. The second-order valence-electron chi connectivity index (χ2n) is 7.15. The Kier molecular flexibility index (Phi) is 5.17. The number of nitrogens with zero attached hydrogens (tertiary/aromatic N) is 6. The minimum absolute atomic E-state index is 0.0599. The van der Waals surface area contributed by atoms with Crippen LogP contribution in [-0.2, 0) is 16.1 Å². The number of carbonyl (C=O) groups is 2. The molecular weight excluding hydrogens is 480 g/mol. The van der Waals surface area contributed by atoms with Gasteiger partial charge in [0.1, 0.15) is 12.3 Å². The summed E-state index contributed by atoms with van der Waals surface area (Å²) in [5.74, 6) is 0.528. The fraction of sp³-hybridized carbons (Fsp3) is 0.238. The highest BCUT2D eigenvalue weighted by molar-refractivity contribution is 9.10. The molecule has 2 aliphatic rings. The monoisotopic (exact) mass is 496 g/mol. The molecule has 2 aromatic carbocycles. The molecule has 32 heavy (non-hydrogen) atoms. The average Bonchev–Trinajstić information content (AvgIpc) is 3.48. The van der Waals surface area contributed by atoms with Crippen LogP contribution in [0.3, 0.4) is 0 Å². The van der Waals surface area contributed by atoms with Gasteiger partial charge in [-0.2, -0.15) is 10.1 Å². The van der Waals surface area contributed by atoms with Gasteiger partial charge in [0.15, 0.2) is 12.1 Å². The quantitative estimate of drug-likeness (QED) is 0.480.